The Morgan fingerprint density at radius 1 is 1.26 bits per heavy atom. The first kappa shape index (κ1) is 19.2. The van der Waals surface area contributed by atoms with Crippen molar-refractivity contribution in [2.24, 2.45) is 4.99 Å². The fraction of sp³-hybridized carbons (Fsp3) is 0.381. The Morgan fingerprint density at radius 3 is 2.74 bits per heavy atom. The van der Waals surface area contributed by atoms with Crippen LogP contribution >= 0.6 is 0 Å². The third-order valence-corrected chi connectivity index (χ3v) is 4.46. The molecule has 2 N–H and O–H groups in total. The van der Waals surface area contributed by atoms with Gasteiger partial charge in [0.1, 0.15) is 17.7 Å². The molecule has 1 fully saturated rings. The maximum absolute atomic E-state index is 13.2. The largest absolute Gasteiger partial charge is 0.508 e. The number of halogens is 1. The molecule has 1 saturated heterocycles. The highest BCUT2D eigenvalue weighted by Crippen LogP contribution is 2.25. The number of benzene rings is 2. The molecule has 0 amide bonds. The van der Waals surface area contributed by atoms with Gasteiger partial charge in [0.05, 0.1) is 19.2 Å². The van der Waals surface area contributed by atoms with Gasteiger partial charge < -0.3 is 20.1 Å². The van der Waals surface area contributed by atoms with E-state index in [1.165, 1.54) is 12.1 Å². The third-order valence-electron chi connectivity index (χ3n) is 4.46. The number of nitrogens with one attached hydrogen (secondary N) is 1. The average molecular weight is 371 g/mol. The Hall–Kier alpha value is -2.60. The topological polar surface area (TPSA) is 57.1 Å². The lowest BCUT2D eigenvalue weighted by molar-refractivity contribution is -0.0605. The van der Waals surface area contributed by atoms with Crippen molar-refractivity contribution in [3.8, 4) is 5.75 Å². The van der Waals surface area contributed by atoms with E-state index in [4.69, 9.17) is 9.73 Å². The first-order valence-corrected chi connectivity index (χ1v) is 9.27. The van der Waals surface area contributed by atoms with Crippen LogP contribution in [0.2, 0.25) is 0 Å². The zero-order chi connectivity index (χ0) is 19.2. The van der Waals surface area contributed by atoms with Gasteiger partial charge in [0.15, 0.2) is 5.96 Å². The SMILES string of the molecule is CCNC(=NCc1cccc(O)c1)N1CC(C)OC(c2ccc(F)cc2)C1. The number of hydrogen-bond donors (Lipinski definition) is 2. The molecule has 0 aromatic heterocycles. The lowest BCUT2D eigenvalue weighted by atomic mass is 10.1. The molecule has 5 nitrogen and oxygen atoms in total. The van der Waals surface area contributed by atoms with E-state index in [1.54, 1.807) is 24.3 Å². The number of hydrogen-bond acceptors (Lipinski definition) is 3. The molecule has 0 aliphatic carbocycles. The summed E-state index contributed by atoms with van der Waals surface area (Å²) in [6.45, 7) is 6.66. The van der Waals surface area contributed by atoms with E-state index in [-0.39, 0.29) is 23.8 Å². The number of aliphatic imine (C=N–C) groups is 1. The van der Waals surface area contributed by atoms with Crippen LogP contribution in [0.3, 0.4) is 0 Å². The van der Waals surface area contributed by atoms with Crippen LogP contribution in [0.5, 0.6) is 5.75 Å². The normalized spacial score (nSPS) is 20.6. The molecule has 1 heterocycles. The number of ether oxygens (including phenoxy) is 1. The summed E-state index contributed by atoms with van der Waals surface area (Å²) in [5, 5.41) is 13.0. The summed E-state index contributed by atoms with van der Waals surface area (Å²) in [4.78, 5) is 6.91. The average Bonchev–Trinajstić information content (AvgIpc) is 2.65. The second-order valence-electron chi connectivity index (χ2n) is 6.73. The molecule has 2 atom stereocenters. The van der Waals surface area contributed by atoms with Gasteiger partial charge in [-0.2, -0.15) is 0 Å². The Balaban J connectivity index is 1.76. The minimum Gasteiger partial charge on any atom is -0.508 e. The van der Waals surface area contributed by atoms with Crippen LogP contribution < -0.4 is 5.32 Å². The summed E-state index contributed by atoms with van der Waals surface area (Å²) < 4.78 is 19.3. The molecule has 3 rings (SSSR count). The van der Waals surface area contributed by atoms with E-state index in [2.05, 4.69) is 10.2 Å². The molecule has 2 unspecified atom stereocenters. The summed E-state index contributed by atoms with van der Waals surface area (Å²) in [7, 11) is 0. The number of aromatic hydroxyl groups is 1. The van der Waals surface area contributed by atoms with E-state index >= 15 is 0 Å². The molecular formula is C21H26FN3O2. The quantitative estimate of drug-likeness (QED) is 0.638. The van der Waals surface area contributed by atoms with Crippen LogP contribution in [0.4, 0.5) is 4.39 Å². The van der Waals surface area contributed by atoms with Crippen molar-refractivity contribution < 1.29 is 14.2 Å². The molecule has 2 aromatic carbocycles. The van der Waals surface area contributed by atoms with Gasteiger partial charge in [-0.25, -0.2) is 9.38 Å². The standard InChI is InChI=1S/C21H26FN3O2/c1-3-23-21(24-12-16-5-4-6-19(26)11-16)25-13-15(2)27-20(14-25)17-7-9-18(22)10-8-17/h4-11,15,20,26H,3,12-14H2,1-2H3,(H,23,24). The summed E-state index contributed by atoms with van der Waals surface area (Å²) in [6.07, 6.45) is -0.114. The monoisotopic (exact) mass is 371 g/mol. The Kier molecular flexibility index (Phi) is 6.29. The van der Waals surface area contributed by atoms with Gasteiger partial charge in [-0.05, 0) is 49.2 Å². The van der Waals surface area contributed by atoms with Crippen LogP contribution in [-0.4, -0.2) is 41.7 Å². The first-order valence-electron chi connectivity index (χ1n) is 9.27. The zero-order valence-corrected chi connectivity index (χ0v) is 15.7. The molecule has 0 saturated carbocycles. The predicted molar refractivity (Wildman–Crippen MR) is 104 cm³/mol. The molecule has 6 heteroatoms. The number of phenols is 1. The third kappa shape index (κ3) is 5.20. The predicted octanol–water partition coefficient (Wildman–Crippen LogP) is 3.46. The van der Waals surface area contributed by atoms with Crippen molar-refractivity contribution in [3.63, 3.8) is 0 Å². The van der Waals surface area contributed by atoms with Gasteiger partial charge in [0.2, 0.25) is 0 Å². The van der Waals surface area contributed by atoms with Gasteiger partial charge in [-0.1, -0.05) is 24.3 Å². The van der Waals surface area contributed by atoms with Crippen molar-refractivity contribution in [1.29, 1.82) is 0 Å². The van der Waals surface area contributed by atoms with Crippen molar-refractivity contribution in [3.05, 3.63) is 65.5 Å². The van der Waals surface area contributed by atoms with E-state index in [9.17, 15) is 9.50 Å². The summed E-state index contributed by atoms with van der Waals surface area (Å²) in [6, 6.07) is 13.6. The highest BCUT2D eigenvalue weighted by molar-refractivity contribution is 5.80. The molecular weight excluding hydrogens is 345 g/mol. The second kappa shape index (κ2) is 8.86. The summed E-state index contributed by atoms with van der Waals surface area (Å²) in [5.41, 5.74) is 1.90. The van der Waals surface area contributed by atoms with Gasteiger partial charge in [0.25, 0.3) is 0 Å². The number of morpholine rings is 1. The smallest absolute Gasteiger partial charge is 0.194 e. The molecule has 144 valence electrons. The minimum absolute atomic E-state index is 0.0263. The van der Waals surface area contributed by atoms with Crippen molar-refractivity contribution in [2.45, 2.75) is 32.6 Å². The van der Waals surface area contributed by atoms with Crippen molar-refractivity contribution >= 4 is 5.96 Å². The molecule has 0 spiro atoms. The lowest BCUT2D eigenvalue weighted by Crippen LogP contribution is -2.50. The lowest BCUT2D eigenvalue weighted by Gasteiger charge is -2.38. The molecule has 1 aliphatic heterocycles. The fourth-order valence-corrected chi connectivity index (χ4v) is 3.23. The first-order chi connectivity index (χ1) is 13.0. The summed E-state index contributed by atoms with van der Waals surface area (Å²) in [5.74, 6) is 0.799. The number of nitrogens with zero attached hydrogens (tertiary/aromatic N) is 2. The second-order valence-corrected chi connectivity index (χ2v) is 6.73. The van der Waals surface area contributed by atoms with Gasteiger partial charge in [0, 0.05) is 13.1 Å². The van der Waals surface area contributed by atoms with Gasteiger partial charge >= 0.3 is 0 Å². The molecule has 1 aliphatic rings. The highest BCUT2D eigenvalue weighted by Gasteiger charge is 2.28. The molecule has 27 heavy (non-hydrogen) atoms. The van der Waals surface area contributed by atoms with Gasteiger partial charge in [-0.15, -0.1) is 0 Å². The van der Waals surface area contributed by atoms with Crippen LogP contribution in [0.25, 0.3) is 0 Å². The van der Waals surface area contributed by atoms with Crippen LogP contribution in [-0.2, 0) is 11.3 Å². The number of rotatable bonds is 4. The van der Waals surface area contributed by atoms with E-state index in [1.807, 2.05) is 26.0 Å². The highest BCUT2D eigenvalue weighted by atomic mass is 19.1. The maximum Gasteiger partial charge on any atom is 0.194 e. The van der Waals surface area contributed by atoms with Crippen molar-refractivity contribution in [1.82, 2.24) is 10.2 Å². The van der Waals surface area contributed by atoms with E-state index in [0.29, 0.717) is 13.1 Å². The summed E-state index contributed by atoms with van der Waals surface area (Å²) >= 11 is 0. The molecule has 0 radical (unpaired) electrons. The van der Waals surface area contributed by atoms with Crippen LogP contribution in [0.15, 0.2) is 53.5 Å². The van der Waals surface area contributed by atoms with Crippen LogP contribution in [0.1, 0.15) is 31.1 Å². The zero-order valence-electron chi connectivity index (χ0n) is 15.7. The Morgan fingerprint density at radius 2 is 2.04 bits per heavy atom. The van der Waals surface area contributed by atoms with E-state index in [0.717, 1.165) is 30.2 Å². The van der Waals surface area contributed by atoms with Crippen LogP contribution in [0, 0.1) is 5.82 Å². The minimum atomic E-state index is -0.250. The Bertz CT molecular complexity index is 779. The van der Waals surface area contributed by atoms with Crippen molar-refractivity contribution in [2.75, 3.05) is 19.6 Å². The molecule has 2 aromatic rings. The number of phenolic OH excluding ortho intramolecular Hbond substituents is 1. The maximum atomic E-state index is 13.2. The number of guanidine groups is 1. The molecule has 0 bridgehead atoms. The Labute approximate surface area is 159 Å². The van der Waals surface area contributed by atoms with E-state index < -0.39 is 0 Å². The van der Waals surface area contributed by atoms with Gasteiger partial charge in [-0.3, -0.25) is 0 Å². The fourth-order valence-electron chi connectivity index (χ4n) is 3.23.